The van der Waals surface area contributed by atoms with Crippen molar-refractivity contribution in [1.82, 2.24) is 14.9 Å². The van der Waals surface area contributed by atoms with E-state index in [1.165, 1.54) is 11.1 Å². The SMILES string of the molecule is CCc1ncc(C(=O)N2CCC(C(O)C(F)(F)F)CC2)[nH]1. The number of likely N-dealkylation sites (tertiary alicyclic amines) is 1. The number of carbonyl (C=O) groups excluding carboxylic acids is 1. The number of H-pyrrole nitrogens is 1. The van der Waals surface area contributed by atoms with Crippen LogP contribution < -0.4 is 0 Å². The van der Waals surface area contributed by atoms with Crippen molar-refractivity contribution in [2.75, 3.05) is 13.1 Å². The van der Waals surface area contributed by atoms with Crippen molar-refractivity contribution in [3.05, 3.63) is 17.7 Å². The van der Waals surface area contributed by atoms with Gasteiger partial charge in [-0.3, -0.25) is 4.79 Å². The van der Waals surface area contributed by atoms with Crippen LogP contribution in [-0.4, -0.2) is 51.3 Å². The van der Waals surface area contributed by atoms with E-state index in [2.05, 4.69) is 9.97 Å². The number of aromatic amines is 1. The van der Waals surface area contributed by atoms with Gasteiger partial charge in [0.25, 0.3) is 5.91 Å². The van der Waals surface area contributed by atoms with Crippen LogP contribution >= 0.6 is 0 Å². The summed E-state index contributed by atoms with van der Waals surface area (Å²) in [7, 11) is 0. The molecule has 1 aromatic rings. The monoisotopic (exact) mass is 305 g/mol. The number of aliphatic hydroxyl groups is 1. The molecule has 2 rings (SSSR count). The Balaban J connectivity index is 1.93. The molecule has 8 heteroatoms. The second-order valence-corrected chi connectivity index (χ2v) is 5.21. The van der Waals surface area contributed by atoms with E-state index in [1.807, 2.05) is 6.92 Å². The Hall–Kier alpha value is -1.57. The molecular formula is C13H18F3N3O2. The predicted molar refractivity (Wildman–Crippen MR) is 68.7 cm³/mol. The fraction of sp³-hybridized carbons (Fsp3) is 0.692. The van der Waals surface area contributed by atoms with Crippen LogP contribution in [0.25, 0.3) is 0 Å². The zero-order chi connectivity index (χ0) is 15.6. The van der Waals surface area contributed by atoms with Gasteiger partial charge in [-0.05, 0) is 18.8 Å². The maximum Gasteiger partial charge on any atom is 0.414 e. The number of nitrogens with zero attached hydrogens (tertiary/aromatic N) is 2. The Morgan fingerprint density at radius 2 is 2.14 bits per heavy atom. The lowest BCUT2D eigenvalue weighted by atomic mass is 9.91. The molecule has 2 N–H and O–H groups in total. The van der Waals surface area contributed by atoms with E-state index in [0.29, 0.717) is 17.9 Å². The number of aliphatic hydroxyl groups excluding tert-OH is 1. The van der Waals surface area contributed by atoms with Gasteiger partial charge in [0.15, 0.2) is 6.10 Å². The number of piperidine rings is 1. The molecule has 118 valence electrons. The van der Waals surface area contributed by atoms with Crippen molar-refractivity contribution in [3.63, 3.8) is 0 Å². The van der Waals surface area contributed by atoms with Gasteiger partial charge in [-0.2, -0.15) is 13.2 Å². The van der Waals surface area contributed by atoms with E-state index in [-0.39, 0.29) is 31.8 Å². The minimum absolute atomic E-state index is 0.140. The maximum atomic E-state index is 12.5. The van der Waals surface area contributed by atoms with Crippen molar-refractivity contribution < 1.29 is 23.1 Å². The van der Waals surface area contributed by atoms with E-state index in [9.17, 15) is 23.1 Å². The van der Waals surface area contributed by atoms with Gasteiger partial charge in [-0.15, -0.1) is 0 Å². The van der Waals surface area contributed by atoms with Gasteiger partial charge in [-0.1, -0.05) is 6.92 Å². The molecule has 1 atom stereocenters. The van der Waals surface area contributed by atoms with Gasteiger partial charge >= 0.3 is 6.18 Å². The van der Waals surface area contributed by atoms with Crippen LogP contribution in [0.15, 0.2) is 6.20 Å². The van der Waals surface area contributed by atoms with Gasteiger partial charge in [-0.25, -0.2) is 4.98 Å². The van der Waals surface area contributed by atoms with Gasteiger partial charge in [0, 0.05) is 19.5 Å². The smallest absolute Gasteiger partial charge is 0.383 e. The normalized spacial score (nSPS) is 18.8. The van der Waals surface area contributed by atoms with E-state index < -0.39 is 18.2 Å². The lowest BCUT2D eigenvalue weighted by molar-refractivity contribution is -0.222. The summed E-state index contributed by atoms with van der Waals surface area (Å²) in [5.74, 6) is -0.412. The summed E-state index contributed by atoms with van der Waals surface area (Å²) < 4.78 is 37.4. The Bertz CT molecular complexity index is 493. The standard InChI is InChI=1S/C13H18F3N3O2/c1-2-10-17-7-9(18-10)12(21)19-5-3-8(4-6-19)11(20)13(14,15)16/h7-8,11,20H,2-6H2,1H3,(H,17,18). The third-order valence-electron chi connectivity index (χ3n) is 3.80. The number of aryl methyl sites for hydroxylation is 1. The minimum atomic E-state index is -4.60. The first kappa shape index (κ1) is 15.8. The predicted octanol–water partition coefficient (Wildman–Crippen LogP) is 1.75. The molecule has 1 fully saturated rings. The highest BCUT2D eigenvalue weighted by Gasteiger charge is 2.44. The summed E-state index contributed by atoms with van der Waals surface area (Å²) in [5.41, 5.74) is 0.349. The van der Waals surface area contributed by atoms with Crippen LogP contribution in [0, 0.1) is 5.92 Å². The Morgan fingerprint density at radius 3 is 2.62 bits per heavy atom. The van der Waals surface area contributed by atoms with E-state index in [1.54, 1.807) is 0 Å². The average molecular weight is 305 g/mol. The van der Waals surface area contributed by atoms with Crippen molar-refractivity contribution in [2.45, 2.75) is 38.5 Å². The van der Waals surface area contributed by atoms with Crippen LogP contribution in [-0.2, 0) is 6.42 Å². The molecule has 1 unspecified atom stereocenters. The topological polar surface area (TPSA) is 69.2 Å². The number of halogens is 3. The summed E-state index contributed by atoms with van der Waals surface area (Å²) in [6.45, 7) is 2.31. The number of carbonyl (C=O) groups is 1. The molecule has 0 aliphatic carbocycles. The number of aromatic nitrogens is 2. The number of imidazole rings is 1. The lowest BCUT2D eigenvalue weighted by Gasteiger charge is -2.34. The maximum absolute atomic E-state index is 12.5. The molecule has 1 amide bonds. The molecule has 21 heavy (non-hydrogen) atoms. The number of hydrogen-bond acceptors (Lipinski definition) is 3. The quantitative estimate of drug-likeness (QED) is 0.894. The average Bonchev–Trinajstić information content (AvgIpc) is 2.94. The highest BCUT2D eigenvalue weighted by Crippen LogP contribution is 2.31. The molecule has 5 nitrogen and oxygen atoms in total. The van der Waals surface area contributed by atoms with Crippen molar-refractivity contribution in [3.8, 4) is 0 Å². The molecular weight excluding hydrogens is 287 g/mol. The second-order valence-electron chi connectivity index (χ2n) is 5.21. The van der Waals surface area contributed by atoms with Gasteiger partial charge in [0.05, 0.1) is 6.20 Å². The van der Waals surface area contributed by atoms with E-state index >= 15 is 0 Å². The summed E-state index contributed by atoms with van der Waals surface area (Å²) in [6.07, 6.45) is -4.52. The minimum Gasteiger partial charge on any atom is -0.383 e. The van der Waals surface area contributed by atoms with Gasteiger partial charge in [0.2, 0.25) is 0 Å². The van der Waals surface area contributed by atoms with Crippen LogP contribution in [0.3, 0.4) is 0 Å². The number of rotatable bonds is 3. The number of alkyl halides is 3. The highest BCUT2D eigenvalue weighted by atomic mass is 19.4. The Labute approximate surface area is 120 Å². The molecule has 0 saturated carbocycles. The highest BCUT2D eigenvalue weighted by molar-refractivity contribution is 5.92. The third-order valence-corrected chi connectivity index (χ3v) is 3.80. The van der Waals surface area contributed by atoms with Crippen molar-refractivity contribution >= 4 is 5.91 Å². The first-order valence-corrected chi connectivity index (χ1v) is 6.90. The van der Waals surface area contributed by atoms with E-state index in [4.69, 9.17) is 0 Å². The lowest BCUT2D eigenvalue weighted by Crippen LogP contribution is -2.45. The van der Waals surface area contributed by atoms with Crippen LogP contribution in [0.5, 0.6) is 0 Å². The number of nitrogens with one attached hydrogen (secondary N) is 1. The molecule has 0 aromatic carbocycles. The molecule has 1 saturated heterocycles. The Kier molecular flexibility index (Phi) is 4.55. The Morgan fingerprint density at radius 1 is 1.52 bits per heavy atom. The third kappa shape index (κ3) is 3.55. The van der Waals surface area contributed by atoms with Crippen LogP contribution in [0.4, 0.5) is 13.2 Å². The zero-order valence-corrected chi connectivity index (χ0v) is 11.7. The molecule has 2 heterocycles. The summed E-state index contributed by atoms with van der Waals surface area (Å²) in [5, 5.41) is 9.24. The fourth-order valence-corrected chi connectivity index (χ4v) is 2.51. The molecule has 0 bridgehead atoms. The molecule has 1 aliphatic heterocycles. The molecule has 1 aromatic heterocycles. The molecule has 0 radical (unpaired) electrons. The number of amides is 1. The summed E-state index contributed by atoms with van der Waals surface area (Å²) in [6, 6.07) is 0. The summed E-state index contributed by atoms with van der Waals surface area (Å²) in [4.78, 5) is 20.6. The van der Waals surface area contributed by atoms with Crippen molar-refractivity contribution in [1.29, 1.82) is 0 Å². The molecule has 1 aliphatic rings. The van der Waals surface area contributed by atoms with Gasteiger partial charge < -0.3 is 15.0 Å². The molecule has 0 spiro atoms. The fourth-order valence-electron chi connectivity index (χ4n) is 2.51. The number of hydrogen-bond donors (Lipinski definition) is 2. The van der Waals surface area contributed by atoms with Crippen LogP contribution in [0.2, 0.25) is 0 Å². The van der Waals surface area contributed by atoms with Gasteiger partial charge in [0.1, 0.15) is 11.5 Å². The van der Waals surface area contributed by atoms with Crippen molar-refractivity contribution in [2.24, 2.45) is 5.92 Å². The summed E-state index contributed by atoms with van der Waals surface area (Å²) >= 11 is 0. The zero-order valence-electron chi connectivity index (χ0n) is 11.7. The van der Waals surface area contributed by atoms with Crippen LogP contribution in [0.1, 0.15) is 36.1 Å². The largest absolute Gasteiger partial charge is 0.414 e. The first-order chi connectivity index (χ1) is 9.82. The first-order valence-electron chi connectivity index (χ1n) is 6.90. The van der Waals surface area contributed by atoms with E-state index in [0.717, 1.165) is 0 Å². The second kappa shape index (κ2) is 6.05.